The van der Waals surface area contributed by atoms with Gasteiger partial charge in [-0.1, -0.05) is 61.1 Å². The third-order valence-corrected chi connectivity index (χ3v) is 7.84. The van der Waals surface area contributed by atoms with Crippen LogP contribution in [0.25, 0.3) is 0 Å². The van der Waals surface area contributed by atoms with Gasteiger partial charge in [0.1, 0.15) is 0 Å². The molecule has 0 aliphatic rings. The Morgan fingerprint density at radius 1 is 1.33 bits per heavy atom. The lowest BCUT2D eigenvalue weighted by molar-refractivity contribution is 0.327. The number of hydrogen-bond acceptors (Lipinski definition) is 1. The Hall–Kier alpha value is 0.387. The summed E-state index contributed by atoms with van der Waals surface area (Å²) in [6.45, 7) is 14.2. The van der Waals surface area contributed by atoms with Crippen LogP contribution >= 0.6 is 22.6 Å². The van der Waals surface area contributed by atoms with Gasteiger partial charge in [-0.15, -0.1) is 0 Å². The fourth-order valence-electron chi connectivity index (χ4n) is 0.765. The van der Waals surface area contributed by atoms with Gasteiger partial charge in [-0.2, -0.15) is 0 Å². The van der Waals surface area contributed by atoms with Crippen LogP contribution in [0.3, 0.4) is 0 Å². The summed E-state index contributed by atoms with van der Waals surface area (Å²) in [5, 5.41) is 0.299. The highest BCUT2D eigenvalue weighted by Gasteiger charge is 2.36. The molecule has 0 aliphatic carbocycles. The van der Waals surface area contributed by atoms with Crippen molar-refractivity contribution < 1.29 is 4.43 Å². The second-order valence-corrected chi connectivity index (χ2v) is 10.8. The second-order valence-electron chi connectivity index (χ2n) is 5.31. The highest BCUT2D eigenvalue weighted by molar-refractivity contribution is 14.1. The van der Waals surface area contributed by atoms with Crippen LogP contribution in [-0.4, -0.2) is 14.9 Å². The molecule has 0 aliphatic heterocycles. The number of rotatable bonds is 4. The molecule has 88 valence electrons. The van der Waals surface area contributed by atoms with Crippen LogP contribution in [0.1, 0.15) is 27.7 Å². The lowest BCUT2D eigenvalue weighted by Crippen LogP contribution is -2.40. The molecule has 0 aromatic heterocycles. The van der Waals surface area contributed by atoms with Gasteiger partial charge in [0.2, 0.25) is 0 Å². The molecular formula is C12H23IOSi. The molecule has 1 nitrogen and oxygen atoms in total. The lowest BCUT2D eigenvalue weighted by atomic mass is 10.2. The summed E-state index contributed by atoms with van der Waals surface area (Å²) in [6, 6.07) is 0. The summed E-state index contributed by atoms with van der Waals surface area (Å²) >= 11 is 2.23. The van der Waals surface area contributed by atoms with Gasteiger partial charge in [0.15, 0.2) is 8.32 Å². The van der Waals surface area contributed by atoms with Crippen molar-refractivity contribution in [3.8, 4) is 0 Å². The molecule has 0 heterocycles. The van der Waals surface area contributed by atoms with Crippen LogP contribution in [0.2, 0.25) is 18.1 Å². The smallest absolute Gasteiger partial charge is 0.192 e. The first-order chi connectivity index (χ1) is 6.70. The van der Waals surface area contributed by atoms with Gasteiger partial charge in [-0.25, -0.2) is 0 Å². The number of halogens is 1. The molecule has 0 atom stereocenters. The van der Waals surface area contributed by atoms with Crippen molar-refractivity contribution in [2.45, 2.75) is 45.8 Å². The highest BCUT2D eigenvalue weighted by Crippen LogP contribution is 2.36. The van der Waals surface area contributed by atoms with Crippen LogP contribution < -0.4 is 0 Å². The monoisotopic (exact) mass is 338 g/mol. The molecule has 0 saturated heterocycles. The van der Waals surface area contributed by atoms with Crippen LogP contribution in [0.5, 0.6) is 0 Å². The normalized spacial score (nSPS) is 15.0. The Morgan fingerprint density at radius 2 is 1.87 bits per heavy atom. The first-order valence-corrected chi connectivity index (χ1v) is 9.43. The van der Waals surface area contributed by atoms with E-state index < -0.39 is 8.32 Å². The van der Waals surface area contributed by atoms with Crippen LogP contribution in [0.15, 0.2) is 21.8 Å². The van der Waals surface area contributed by atoms with Crippen molar-refractivity contribution in [3.05, 3.63) is 21.8 Å². The quantitative estimate of drug-likeness (QED) is 0.402. The Bertz CT molecular complexity index is 249. The fraction of sp³-hybridized carbons (Fsp3) is 0.667. The molecule has 0 unspecified atom stereocenters. The second kappa shape index (κ2) is 6.20. The van der Waals surface area contributed by atoms with Crippen molar-refractivity contribution in [1.29, 1.82) is 0 Å². The van der Waals surface area contributed by atoms with E-state index in [4.69, 9.17) is 4.43 Å². The minimum Gasteiger partial charge on any atom is -0.413 e. The molecule has 0 spiro atoms. The predicted octanol–water partition coefficient (Wildman–Crippen LogP) is 4.90. The first-order valence-electron chi connectivity index (χ1n) is 5.28. The third kappa shape index (κ3) is 5.87. The maximum Gasteiger partial charge on any atom is 0.192 e. The van der Waals surface area contributed by atoms with Crippen LogP contribution in [0.4, 0.5) is 0 Å². The highest BCUT2D eigenvalue weighted by atomic mass is 127. The van der Waals surface area contributed by atoms with E-state index in [1.54, 1.807) is 0 Å². The van der Waals surface area contributed by atoms with Gasteiger partial charge in [-0.3, -0.25) is 0 Å². The largest absolute Gasteiger partial charge is 0.413 e. The predicted molar refractivity (Wildman–Crippen MR) is 80.1 cm³/mol. The molecule has 0 aromatic rings. The summed E-state index contributed by atoms with van der Waals surface area (Å²) in [5.74, 6) is 0. The molecule has 0 amide bonds. The van der Waals surface area contributed by atoms with E-state index in [1.165, 1.54) is 5.57 Å². The zero-order valence-corrected chi connectivity index (χ0v) is 13.9. The summed E-state index contributed by atoms with van der Waals surface area (Å²) in [4.78, 5) is 0. The molecule has 0 bridgehead atoms. The minimum atomic E-state index is -1.57. The van der Waals surface area contributed by atoms with E-state index in [-0.39, 0.29) is 0 Å². The molecule has 0 rings (SSSR count). The molecule has 0 saturated carbocycles. The molecule has 3 heteroatoms. The molecule has 0 radical (unpaired) electrons. The average Bonchev–Trinajstić information content (AvgIpc) is 2.01. The topological polar surface area (TPSA) is 9.23 Å². The summed E-state index contributed by atoms with van der Waals surface area (Å²) in [6.07, 6.45) is 4.24. The van der Waals surface area contributed by atoms with E-state index in [1.807, 2.05) is 4.08 Å². The van der Waals surface area contributed by atoms with Gasteiger partial charge < -0.3 is 4.43 Å². The number of allylic oxidation sites excluding steroid dienone is 2. The third-order valence-electron chi connectivity index (χ3n) is 2.98. The Labute approximate surface area is 109 Å². The average molecular weight is 338 g/mol. The first kappa shape index (κ1) is 15.4. The van der Waals surface area contributed by atoms with Gasteiger partial charge in [0, 0.05) is 0 Å². The van der Waals surface area contributed by atoms with Crippen LogP contribution in [0, 0.1) is 0 Å². The molecule has 0 fully saturated rings. The van der Waals surface area contributed by atoms with E-state index in [0.717, 1.165) is 6.61 Å². The standard InChI is InChI=1S/C12H23IOSi/c1-11(7-9-13)8-10-14-15(5,6)12(2,3)4/h7-9H,10H2,1-6H3/b9-7+,11-8+. The van der Waals surface area contributed by atoms with Crippen molar-refractivity contribution in [2.75, 3.05) is 6.61 Å². The van der Waals surface area contributed by atoms with Gasteiger partial charge in [-0.05, 0) is 29.1 Å². The Kier molecular flexibility index (Phi) is 6.36. The van der Waals surface area contributed by atoms with E-state index in [9.17, 15) is 0 Å². The SMILES string of the molecule is CC(/C=C/I)=C\CO[Si](C)(C)C(C)(C)C. The maximum atomic E-state index is 6.04. The zero-order chi connectivity index (χ0) is 12.1. The zero-order valence-electron chi connectivity index (χ0n) is 10.7. The van der Waals surface area contributed by atoms with E-state index >= 15 is 0 Å². The van der Waals surface area contributed by atoms with E-state index in [0.29, 0.717) is 5.04 Å². The molecule has 0 aromatic carbocycles. The number of hydrogen-bond donors (Lipinski definition) is 0. The molecule has 0 N–H and O–H groups in total. The minimum absolute atomic E-state index is 0.299. The van der Waals surface area contributed by atoms with Gasteiger partial charge in [0.05, 0.1) is 6.61 Å². The van der Waals surface area contributed by atoms with Crippen molar-refractivity contribution in [1.82, 2.24) is 0 Å². The summed E-state index contributed by atoms with van der Waals surface area (Å²) in [5.41, 5.74) is 1.27. The van der Waals surface area contributed by atoms with E-state index in [2.05, 4.69) is 75.5 Å². The lowest BCUT2D eigenvalue weighted by Gasteiger charge is -2.35. The Balaban J connectivity index is 4.23. The fourth-order valence-corrected chi connectivity index (χ4v) is 2.27. The van der Waals surface area contributed by atoms with Crippen LogP contribution in [-0.2, 0) is 4.43 Å². The van der Waals surface area contributed by atoms with Gasteiger partial charge >= 0.3 is 0 Å². The summed E-state index contributed by atoms with van der Waals surface area (Å²) < 4.78 is 8.06. The molecule has 15 heavy (non-hydrogen) atoms. The van der Waals surface area contributed by atoms with Crippen molar-refractivity contribution in [2.24, 2.45) is 0 Å². The van der Waals surface area contributed by atoms with Crippen molar-refractivity contribution in [3.63, 3.8) is 0 Å². The Morgan fingerprint density at radius 3 is 2.27 bits per heavy atom. The van der Waals surface area contributed by atoms with Crippen molar-refractivity contribution >= 4 is 30.9 Å². The maximum absolute atomic E-state index is 6.04. The molecular weight excluding hydrogens is 315 g/mol. The summed E-state index contributed by atoms with van der Waals surface area (Å²) in [7, 11) is -1.57. The van der Waals surface area contributed by atoms with Gasteiger partial charge in [0.25, 0.3) is 0 Å².